The number of benzene rings is 1. The Morgan fingerprint density at radius 1 is 1.13 bits per heavy atom. The normalized spacial score (nSPS) is 14.7. The summed E-state index contributed by atoms with van der Waals surface area (Å²) < 4.78 is 0. The van der Waals surface area contributed by atoms with E-state index in [-0.39, 0.29) is 11.8 Å². The van der Waals surface area contributed by atoms with E-state index in [4.69, 9.17) is 0 Å². The van der Waals surface area contributed by atoms with Crippen molar-refractivity contribution in [2.45, 2.75) is 38.6 Å². The molecule has 0 bridgehead atoms. The van der Waals surface area contributed by atoms with E-state index in [9.17, 15) is 9.59 Å². The van der Waals surface area contributed by atoms with E-state index in [0.717, 1.165) is 54.4 Å². The van der Waals surface area contributed by atoms with Gasteiger partial charge in [-0.25, -0.2) is 0 Å². The van der Waals surface area contributed by atoms with Crippen molar-refractivity contribution < 1.29 is 9.59 Å². The van der Waals surface area contributed by atoms with Gasteiger partial charge in [-0.05, 0) is 48.4 Å². The Balaban J connectivity index is 1.18. The third-order valence-electron chi connectivity index (χ3n) is 5.98. The first kappa shape index (κ1) is 20.1. The molecule has 1 aromatic carbocycles. The third-order valence-corrected chi connectivity index (χ3v) is 5.98. The van der Waals surface area contributed by atoms with Crippen LogP contribution in [0.5, 0.6) is 0 Å². The fourth-order valence-electron chi connectivity index (χ4n) is 4.15. The molecule has 30 heavy (non-hydrogen) atoms. The Kier molecular flexibility index (Phi) is 6.42. The molecular formula is C24H28N4O2. The monoisotopic (exact) mass is 404 g/mol. The average molecular weight is 405 g/mol. The van der Waals surface area contributed by atoms with Gasteiger partial charge in [0.05, 0.1) is 6.42 Å². The van der Waals surface area contributed by atoms with Crippen LogP contribution >= 0.6 is 0 Å². The van der Waals surface area contributed by atoms with Gasteiger partial charge in [0.15, 0.2) is 0 Å². The number of nitrogens with zero attached hydrogens (tertiary/aromatic N) is 2. The van der Waals surface area contributed by atoms with Crippen molar-refractivity contribution in [2.75, 3.05) is 13.1 Å². The highest BCUT2D eigenvalue weighted by Crippen LogP contribution is 2.24. The molecule has 6 nitrogen and oxygen atoms in total. The number of likely N-dealkylation sites (tertiary alicyclic amines) is 1. The zero-order chi connectivity index (χ0) is 20.8. The van der Waals surface area contributed by atoms with Crippen LogP contribution in [-0.2, 0) is 22.6 Å². The van der Waals surface area contributed by atoms with Crippen LogP contribution < -0.4 is 5.32 Å². The Bertz CT molecular complexity index is 991. The highest BCUT2D eigenvalue weighted by molar-refractivity contribution is 5.88. The number of amides is 2. The predicted octanol–water partition coefficient (Wildman–Crippen LogP) is 3.44. The lowest BCUT2D eigenvalue weighted by atomic mass is 9.91. The van der Waals surface area contributed by atoms with E-state index in [2.05, 4.69) is 21.4 Å². The number of piperidine rings is 1. The molecule has 3 aromatic rings. The number of carbonyl (C=O) groups excluding carboxylic acids is 2. The van der Waals surface area contributed by atoms with Gasteiger partial charge in [0, 0.05) is 55.5 Å². The molecule has 2 aromatic heterocycles. The molecule has 0 radical (unpaired) electrons. The third kappa shape index (κ3) is 5.06. The van der Waals surface area contributed by atoms with Gasteiger partial charge >= 0.3 is 0 Å². The number of aromatic nitrogens is 2. The first-order chi connectivity index (χ1) is 14.7. The van der Waals surface area contributed by atoms with E-state index in [1.165, 1.54) is 0 Å². The standard InChI is InChI=1S/C24H28N4O2/c29-23(27-16-19-4-3-11-25-15-19)8-7-18-9-12-28(13-10-18)24(30)14-20-17-26-22-6-2-1-5-21(20)22/h1-6,11,15,17-18,26H,7-10,12-14,16H2,(H,27,29). The van der Waals surface area contributed by atoms with E-state index in [0.29, 0.717) is 25.3 Å². The van der Waals surface area contributed by atoms with Crippen LogP contribution in [-0.4, -0.2) is 39.8 Å². The molecule has 0 unspecified atom stereocenters. The predicted molar refractivity (Wildman–Crippen MR) is 117 cm³/mol. The minimum atomic E-state index is 0.0803. The summed E-state index contributed by atoms with van der Waals surface area (Å²) in [6, 6.07) is 11.9. The number of carbonyl (C=O) groups is 2. The summed E-state index contributed by atoms with van der Waals surface area (Å²) in [7, 11) is 0. The van der Waals surface area contributed by atoms with Crippen molar-refractivity contribution in [1.29, 1.82) is 0 Å². The second-order valence-electron chi connectivity index (χ2n) is 8.04. The maximum atomic E-state index is 12.7. The van der Waals surface area contributed by atoms with Crippen LogP contribution in [0.15, 0.2) is 55.0 Å². The Labute approximate surface area is 176 Å². The molecule has 156 valence electrons. The van der Waals surface area contributed by atoms with E-state index < -0.39 is 0 Å². The molecule has 2 N–H and O–H groups in total. The van der Waals surface area contributed by atoms with Crippen LogP contribution in [0.25, 0.3) is 10.9 Å². The molecule has 0 aliphatic carbocycles. The molecule has 1 aliphatic rings. The molecule has 1 fully saturated rings. The lowest BCUT2D eigenvalue weighted by Crippen LogP contribution is -2.39. The lowest BCUT2D eigenvalue weighted by molar-refractivity contribution is -0.132. The summed E-state index contributed by atoms with van der Waals surface area (Å²) in [6.07, 6.45) is 9.22. The van der Waals surface area contributed by atoms with Gasteiger partial charge in [0.2, 0.25) is 11.8 Å². The van der Waals surface area contributed by atoms with E-state index in [1.807, 2.05) is 41.4 Å². The topological polar surface area (TPSA) is 78.1 Å². The Morgan fingerprint density at radius 3 is 2.77 bits per heavy atom. The Hall–Kier alpha value is -3.15. The minimum Gasteiger partial charge on any atom is -0.361 e. The largest absolute Gasteiger partial charge is 0.361 e. The van der Waals surface area contributed by atoms with E-state index in [1.54, 1.807) is 12.4 Å². The number of aromatic amines is 1. The second kappa shape index (κ2) is 9.57. The van der Waals surface area contributed by atoms with Crippen LogP contribution in [0.1, 0.15) is 36.8 Å². The summed E-state index contributed by atoms with van der Waals surface area (Å²) in [5, 5.41) is 4.08. The van der Waals surface area contributed by atoms with Crippen molar-refractivity contribution in [2.24, 2.45) is 5.92 Å². The zero-order valence-electron chi connectivity index (χ0n) is 17.1. The van der Waals surface area contributed by atoms with Crippen LogP contribution in [0.4, 0.5) is 0 Å². The van der Waals surface area contributed by atoms with Crippen molar-refractivity contribution >= 4 is 22.7 Å². The smallest absolute Gasteiger partial charge is 0.227 e. The number of pyridine rings is 1. The number of rotatable bonds is 7. The fourth-order valence-corrected chi connectivity index (χ4v) is 4.15. The SMILES string of the molecule is O=C(CCC1CCN(C(=O)Cc2c[nH]c3ccccc23)CC1)NCc1cccnc1. The number of H-pyrrole nitrogens is 1. The molecular weight excluding hydrogens is 376 g/mol. The van der Waals surface area contributed by atoms with Gasteiger partial charge < -0.3 is 15.2 Å². The van der Waals surface area contributed by atoms with Crippen molar-refractivity contribution in [1.82, 2.24) is 20.2 Å². The van der Waals surface area contributed by atoms with Gasteiger partial charge in [-0.1, -0.05) is 24.3 Å². The average Bonchev–Trinajstić information content (AvgIpc) is 3.20. The van der Waals surface area contributed by atoms with Gasteiger partial charge in [-0.2, -0.15) is 0 Å². The van der Waals surface area contributed by atoms with Crippen LogP contribution in [0.2, 0.25) is 0 Å². The quantitative estimate of drug-likeness (QED) is 0.633. The summed E-state index contributed by atoms with van der Waals surface area (Å²) in [5.74, 6) is 0.774. The van der Waals surface area contributed by atoms with E-state index >= 15 is 0 Å². The zero-order valence-corrected chi connectivity index (χ0v) is 17.1. The number of hydrogen-bond donors (Lipinski definition) is 2. The van der Waals surface area contributed by atoms with Crippen LogP contribution in [0, 0.1) is 5.92 Å². The van der Waals surface area contributed by atoms with Gasteiger partial charge in [0.25, 0.3) is 0 Å². The first-order valence-corrected chi connectivity index (χ1v) is 10.7. The number of para-hydroxylation sites is 1. The van der Waals surface area contributed by atoms with Crippen molar-refractivity contribution in [3.05, 3.63) is 66.1 Å². The molecule has 0 saturated carbocycles. The highest BCUT2D eigenvalue weighted by Gasteiger charge is 2.23. The second-order valence-corrected chi connectivity index (χ2v) is 8.04. The lowest BCUT2D eigenvalue weighted by Gasteiger charge is -2.32. The summed E-state index contributed by atoms with van der Waals surface area (Å²) in [6.45, 7) is 2.08. The van der Waals surface area contributed by atoms with Gasteiger partial charge in [-0.3, -0.25) is 14.6 Å². The van der Waals surface area contributed by atoms with Gasteiger partial charge in [-0.15, -0.1) is 0 Å². The molecule has 0 atom stereocenters. The Morgan fingerprint density at radius 2 is 1.97 bits per heavy atom. The van der Waals surface area contributed by atoms with Crippen molar-refractivity contribution in [3.63, 3.8) is 0 Å². The van der Waals surface area contributed by atoms with Crippen molar-refractivity contribution in [3.8, 4) is 0 Å². The molecule has 6 heteroatoms. The molecule has 1 saturated heterocycles. The molecule has 4 rings (SSSR count). The first-order valence-electron chi connectivity index (χ1n) is 10.7. The van der Waals surface area contributed by atoms with Crippen LogP contribution in [0.3, 0.4) is 0 Å². The number of hydrogen-bond acceptors (Lipinski definition) is 3. The summed E-state index contributed by atoms with van der Waals surface area (Å²) in [4.78, 5) is 34.1. The number of nitrogens with one attached hydrogen (secondary N) is 2. The molecule has 0 spiro atoms. The summed E-state index contributed by atoms with van der Waals surface area (Å²) >= 11 is 0. The molecule has 2 amide bonds. The molecule has 3 heterocycles. The van der Waals surface area contributed by atoms with Gasteiger partial charge in [0.1, 0.15) is 0 Å². The minimum absolute atomic E-state index is 0.0803. The fraction of sp³-hybridized carbons (Fsp3) is 0.375. The number of fused-ring (bicyclic) bond motifs is 1. The summed E-state index contributed by atoms with van der Waals surface area (Å²) in [5.41, 5.74) is 3.14. The maximum absolute atomic E-state index is 12.7. The molecule has 1 aliphatic heterocycles. The maximum Gasteiger partial charge on any atom is 0.227 e. The highest BCUT2D eigenvalue weighted by atomic mass is 16.2.